The van der Waals surface area contributed by atoms with Crippen LogP contribution < -0.4 is 10.6 Å². The van der Waals surface area contributed by atoms with Gasteiger partial charge in [0.1, 0.15) is 5.76 Å². The molecular weight excluding hydrogens is 388 g/mol. The Morgan fingerprint density at radius 2 is 1.65 bits per heavy atom. The van der Waals surface area contributed by atoms with E-state index in [1.807, 2.05) is 7.05 Å². The van der Waals surface area contributed by atoms with Gasteiger partial charge in [0.25, 0.3) is 0 Å². The lowest BCUT2D eigenvalue weighted by Crippen LogP contribution is -2.45. The van der Waals surface area contributed by atoms with Crippen molar-refractivity contribution in [3.8, 4) is 0 Å². The molecule has 1 aliphatic heterocycles. The molecule has 2 aromatic rings. The average molecular weight is 427 g/mol. The number of hydrogen-bond acceptors (Lipinski definition) is 5. The molecule has 0 unspecified atom stereocenters. The first-order chi connectivity index (χ1) is 15.2. The van der Waals surface area contributed by atoms with Crippen LogP contribution in [0, 0.1) is 0 Å². The Labute approximate surface area is 186 Å². The molecule has 0 amide bonds. The summed E-state index contributed by atoms with van der Waals surface area (Å²) in [6, 6.07) is 8.71. The number of nitrogens with one attached hydrogen (secondary N) is 2. The zero-order valence-electron chi connectivity index (χ0n) is 19.6. The van der Waals surface area contributed by atoms with E-state index < -0.39 is 0 Å². The van der Waals surface area contributed by atoms with Crippen LogP contribution in [0.1, 0.15) is 48.9 Å². The SMILES string of the molecule is CCc1noc(CC)c1CNC(=NC)NCc1ccccc1CN1CCN(CC)CC1. The van der Waals surface area contributed by atoms with Crippen molar-refractivity contribution < 1.29 is 4.52 Å². The Hall–Kier alpha value is -2.38. The number of benzene rings is 1. The number of aryl methyl sites for hydroxylation is 2. The van der Waals surface area contributed by atoms with Crippen LogP contribution in [0.4, 0.5) is 0 Å². The van der Waals surface area contributed by atoms with E-state index in [0.717, 1.165) is 81.6 Å². The fraction of sp³-hybridized carbons (Fsp3) is 0.583. The minimum Gasteiger partial charge on any atom is -0.361 e. The quantitative estimate of drug-likeness (QED) is 0.475. The molecule has 31 heavy (non-hydrogen) atoms. The molecule has 0 atom stereocenters. The van der Waals surface area contributed by atoms with E-state index in [2.05, 4.69) is 75.6 Å². The van der Waals surface area contributed by atoms with Gasteiger partial charge in [-0.05, 0) is 24.1 Å². The predicted octanol–water partition coefficient (Wildman–Crippen LogP) is 2.80. The topological polar surface area (TPSA) is 68.9 Å². The van der Waals surface area contributed by atoms with Crippen molar-refractivity contribution in [1.82, 2.24) is 25.6 Å². The van der Waals surface area contributed by atoms with Crippen LogP contribution in [-0.2, 0) is 32.5 Å². The van der Waals surface area contributed by atoms with E-state index >= 15 is 0 Å². The summed E-state index contributed by atoms with van der Waals surface area (Å²) in [5.74, 6) is 1.74. The molecule has 170 valence electrons. The maximum absolute atomic E-state index is 5.47. The maximum atomic E-state index is 5.47. The molecule has 0 radical (unpaired) electrons. The Morgan fingerprint density at radius 1 is 0.968 bits per heavy atom. The van der Waals surface area contributed by atoms with Crippen LogP contribution in [-0.4, -0.2) is 60.7 Å². The van der Waals surface area contributed by atoms with Gasteiger partial charge in [-0.2, -0.15) is 0 Å². The highest BCUT2D eigenvalue weighted by molar-refractivity contribution is 5.79. The molecule has 7 nitrogen and oxygen atoms in total. The minimum absolute atomic E-state index is 0.666. The first-order valence-electron chi connectivity index (χ1n) is 11.6. The Kier molecular flexibility index (Phi) is 8.91. The molecule has 2 N–H and O–H groups in total. The summed E-state index contributed by atoms with van der Waals surface area (Å²) in [6.45, 7) is 14.6. The van der Waals surface area contributed by atoms with E-state index in [9.17, 15) is 0 Å². The van der Waals surface area contributed by atoms with Gasteiger partial charge in [0.05, 0.1) is 5.69 Å². The van der Waals surface area contributed by atoms with E-state index in [1.54, 1.807) is 0 Å². The number of nitrogens with zero attached hydrogens (tertiary/aromatic N) is 4. The van der Waals surface area contributed by atoms with Gasteiger partial charge in [0, 0.05) is 64.8 Å². The summed E-state index contributed by atoms with van der Waals surface area (Å²) >= 11 is 0. The average Bonchev–Trinajstić information content (AvgIpc) is 3.22. The second kappa shape index (κ2) is 11.9. The van der Waals surface area contributed by atoms with E-state index in [-0.39, 0.29) is 0 Å². The Bertz CT molecular complexity index is 817. The summed E-state index contributed by atoms with van der Waals surface area (Å²) in [6.07, 6.45) is 1.71. The molecule has 1 saturated heterocycles. The number of rotatable bonds is 9. The zero-order chi connectivity index (χ0) is 22.1. The van der Waals surface area contributed by atoms with Gasteiger partial charge in [-0.3, -0.25) is 9.89 Å². The van der Waals surface area contributed by atoms with Crippen molar-refractivity contribution in [3.05, 3.63) is 52.4 Å². The van der Waals surface area contributed by atoms with Crippen LogP contribution in [0.5, 0.6) is 0 Å². The van der Waals surface area contributed by atoms with Gasteiger partial charge < -0.3 is 20.1 Å². The highest BCUT2D eigenvalue weighted by atomic mass is 16.5. The smallest absolute Gasteiger partial charge is 0.191 e. The molecule has 3 rings (SSSR count). The molecule has 7 heteroatoms. The second-order valence-corrected chi connectivity index (χ2v) is 8.00. The first kappa shape index (κ1) is 23.3. The fourth-order valence-corrected chi connectivity index (χ4v) is 4.10. The van der Waals surface area contributed by atoms with Crippen molar-refractivity contribution in [1.29, 1.82) is 0 Å². The fourth-order valence-electron chi connectivity index (χ4n) is 4.10. The molecule has 1 aromatic carbocycles. The van der Waals surface area contributed by atoms with Crippen LogP contribution in [0.2, 0.25) is 0 Å². The van der Waals surface area contributed by atoms with E-state index in [1.165, 1.54) is 11.1 Å². The number of piperazine rings is 1. The van der Waals surface area contributed by atoms with Crippen LogP contribution >= 0.6 is 0 Å². The van der Waals surface area contributed by atoms with Crippen LogP contribution in [0.25, 0.3) is 0 Å². The van der Waals surface area contributed by atoms with E-state index in [0.29, 0.717) is 6.54 Å². The Morgan fingerprint density at radius 3 is 2.29 bits per heavy atom. The molecule has 1 fully saturated rings. The van der Waals surface area contributed by atoms with Gasteiger partial charge >= 0.3 is 0 Å². The van der Waals surface area contributed by atoms with Crippen molar-refractivity contribution in [2.24, 2.45) is 4.99 Å². The third-order valence-corrected chi connectivity index (χ3v) is 6.13. The molecular formula is C24H38N6O. The minimum atomic E-state index is 0.666. The molecule has 0 saturated carbocycles. The lowest BCUT2D eigenvalue weighted by atomic mass is 10.1. The molecule has 0 aliphatic carbocycles. The first-order valence-corrected chi connectivity index (χ1v) is 11.6. The van der Waals surface area contributed by atoms with Gasteiger partial charge in [-0.15, -0.1) is 0 Å². The van der Waals surface area contributed by atoms with Crippen molar-refractivity contribution in [3.63, 3.8) is 0 Å². The normalized spacial score (nSPS) is 15.9. The molecule has 1 aliphatic rings. The lowest BCUT2D eigenvalue weighted by Gasteiger charge is -2.34. The van der Waals surface area contributed by atoms with Gasteiger partial charge in [-0.1, -0.05) is 50.2 Å². The largest absolute Gasteiger partial charge is 0.361 e. The number of aliphatic imine (C=N–C) groups is 1. The second-order valence-electron chi connectivity index (χ2n) is 8.00. The zero-order valence-corrected chi connectivity index (χ0v) is 19.6. The van der Waals surface area contributed by atoms with Crippen LogP contribution in [0.15, 0.2) is 33.8 Å². The standard InChI is InChI=1S/C24H38N6O/c1-5-22-21(23(6-2)31-28-22)17-27-24(25-4)26-16-19-10-8-9-11-20(19)18-30-14-12-29(7-3)13-15-30/h8-11H,5-7,12-18H2,1-4H3,(H2,25,26,27). The Balaban J connectivity index is 1.56. The van der Waals surface area contributed by atoms with Crippen molar-refractivity contribution >= 4 is 5.96 Å². The lowest BCUT2D eigenvalue weighted by molar-refractivity contribution is 0.131. The maximum Gasteiger partial charge on any atom is 0.191 e. The summed E-state index contributed by atoms with van der Waals surface area (Å²) in [5.41, 5.74) is 4.88. The molecule has 0 bridgehead atoms. The molecule has 2 heterocycles. The van der Waals surface area contributed by atoms with Crippen molar-refractivity contribution in [2.75, 3.05) is 39.8 Å². The van der Waals surface area contributed by atoms with Gasteiger partial charge in [0.2, 0.25) is 0 Å². The number of aromatic nitrogens is 1. The van der Waals surface area contributed by atoms with E-state index in [4.69, 9.17) is 4.52 Å². The number of hydrogen-bond donors (Lipinski definition) is 2. The summed E-state index contributed by atoms with van der Waals surface area (Å²) in [4.78, 5) is 9.48. The molecule has 1 aromatic heterocycles. The number of guanidine groups is 1. The molecule has 0 spiro atoms. The van der Waals surface area contributed by atoms with Gasteiger partial charge in [0.15, 0.2) is 5.96 Å². The summed E-state index contributed by atoms with van der Waals surface area (Å²) in [7, 11) is 1.81. The van der Waals surface area contributed by atoms with Gasteiger partial charge in [-0.25, -0.2) is 0 Å². The third kappa shape index (κ3) is 6.31. The highest BCUT2D eigenvalue weighted by Gasteiger charge is 2.17. The highest BCUT2D eigenvalue weighted by Crippen LogP contribution is 2.16. The number of likely N-dealkylation sites (N-methyl/N-ethyl adjacent to an activating group) is 1. The summed E-state index contributed by atoms with van der Waals surface area (Å²) in [5, 5.41) is 11.1. The third-order valence-electron chi connectivity index (χ3n) is 6.13. The van der Waals surface area contributed by atoms with Crippen molar-refractivity contribution in [2.45, 2.75) is 53.2 Å². The summed E-state index contributed by atoms with van der Waals surface area (Å²) < 4.78 is 5.47. The monoisotopic (exact) mass is 426 g/mol. The van der Waals surface area contributed by atoms with Crippen LogP contribution in [0.3, 0.4) is 0 Å². The predicted molar refractivity (Wildman–Crippen MR) is 126 cm³/mol.